The van der Waals surface area contributed by atoms with Crippen LogP contribution in [0.4, 0.5) is 10.1 Å². The monoisotopic (exact) mass is 323 g/mol. The van der Waals surface area contributed by atoms with Gasteiger partial charge >= 0.3 is 0 Å². The zero-order chi connectivity index (χ0) is 15.0. The Labute approximate surface area is 129 Å². The molecule has 3 rings (SSSR count). The molecule has 1 aromatic heterocycles. The SMILES string of the molecule is Nc1ccc(Cl)cc1-c1nnnn1-c1cc(Cl)ccc1F. The number of anilines is 1. The van der Waals surface area contributed by atoms with Gasteiger partial charge in [-0.3, -0.25) is 0 Å². The highest BCUT2D eigenvalue weighted by atomic mass is 35.5. The second-order valence-electron chi connectivity index (χ2n) is 4.24. The van der Waals surface area contributed by atoms with E-state index in [1.54, 1.807) is 18.2 Å². The molecule has 5 nitrogen and oxygen atoms in total. The highest BCUT2D eigenvalue weighted by Crippen LogP contribution is 2.29. The predicted octanol–water partition coefficient (Wildman–Crippen LogP) is 3.36. The zero-order valence-electron chi connectivity index (χ0n) is 10.5. The molecule has 2 N–H and O–H groups in total. The Hall–Kier alpha value is -2.18. The maximum absolute atomic E-state index is 14.0. The number of aromatic nitrogens is 4. The summed E-state index contributed by atoms with van der Waals surface area (Å²) in [4.78, 5) is 0. The van der Waals surface area contributed by atoms with Crippen LogP contribution in [0.1, 0.15) is 0 Å². The standard InChI is InChI=1S/C13H8Cl2FN5/c14-7-2-4-11(17)9(5-7)13-18-19-20-21(13)12-6-8(15)1-3-10(12)16/h1-6H,17H2. The highest BCUT2D eigenvalue weighted by Gasteiger charge is 2.17. The van der Waals surface area contributed by atoms with E-state index in [2.05, 4.69) is 15.5 Å². The minimum absolute atomic E-state index is 0.127. The first kappa shape index (κ1) is 13.8. The maximum Gasteiger partial charge on any atom is 0.189 e. The summed E-state index contributed by atoms with van der Waals surface area (Å²) in [7, 11) is 0. The molecule has 2 aromatic carbocycles. The third-order valence-electron chi connectivity index (χ3n) is 2.86. The lowest BCUT2D eigenvalue weighted by Crippen LogP contribution is -2.04. The summed E-state index contributed by atoms with van der Waals surface area (Å²) in [5.41, 5.74) is 6.97. The van der Waals surface area contributed by atoms with Crippen molar-refractivity contribution < 1.29 is 4.39 Å². The highest BCUT2D eigenvalue weighted by molar-refractivity contribution is 6.31. The molecule has 106 valence electrons. The lowest BCUT2D eigenvalue weighted by Gasteiger charge is -2.08. The third kappa shape index (κ3) is 2.55. The molecule has 3 aromatic rings. The van der Waals surface area contributed by atoms with Crippen molar-refractivity contribution in [2.75, 3.05) is 5.73 Å². The summed E-state index contributed by atoms with van der Waals surface area (Å²) in [5, 5.41) is 12.1. The first-order chi connectivity index (χ1) is 10.1. The molecule has 0 atom stereocenters. The van der Waals surface area contributed by atoms with Crippen molar-refractivity contribution in [1.29, 1.82) is 0 Å². The average molecular weight is 324 g/mol. The van der Waals surface area contributed by atoms with E-state index in [1.807, 2.05) is 0 Å². The molecule has 0 radical (unpaired) electrons. The molecule has 0 saturated heterocycles. The number of rotatable bonds is 2. The second-order valence-corrected chi connectivity index (χ2v) is 5.11. The first-order valence-electron chi connectivity index (χ1n) is 5.85. The van der Waals surface area contributed by atoms with Crippen LogP contribution in [0.25, 0.3) is 17.1 Å². The molecule has 0 aliphatic rings. The lowest BCUT2D eigenvalue weighted by molar-refractivity contribution is 0.608. The van der Waals surface area contributed by atoms with E-state index in [9.17, 15) is 4.39 Å². The van der Waals surface area contributed by atoms with E-state index >= 15 is 0 Å². The van der Waals surface area contributed by atoms with Crippen LogP contribution < -0.4 is 5.73 Å². The van der Waals surface area contributed by atoms with Gasteiger partial charge in [-0.15, -0.1) is 5.10 Å². The van der Waals surface area contributed by atoms with Crippen LogP contribution in [0.15, 0.2) is 36.4 Å². The van der Waals surface area contributed by atoms with Gasteiger partial charge in [0.15, 0.2) is 5.82 Å². The summed E-state index contributed by atoms with van der Waals surface area (Å²) in [5.74, 6) is -0.232. The number of hydrogen-bond donors (Lipinski definition) is 1. The topological polar surface area (TPSA) is 69.6 Å². The van der Waals surface area contributed by atoms with Gasteiger partial charge in [-0.1, -0.05) is 23.2 Å². The summed E-state index contributed by atoms with van der Waals surface area (Å²) in [6.45, 7) is 0. The van der Waals surface area contributed by atoms with Gasteiger partial charge in [0.25, 0.3) is 0 Å². The molecule has 21 heavy (non-hydrogen) atoms. The van der Waals surface area contributed by atoms with Gasteiger partial charge in [-0.25, -0.2) is 4.39 Å². The molecule has 0 saturated carbocycles. The van der Waals surface area contributed by atoms with E-state index in [-0.39, 0.29) is 11.5 Å². The third-order valence-corrected chi connectivity index (χ3v) is 3.33. The summed E-state index contributed by atoms with van der Waals surface area (Å²) in [6.07, 6.45) is 0. The Kier molecular flexibility index (Phi) is 3.48. The number of nitrogen functional groups attached to an aromatic ring is 1. The van der Waals surface area contributed by atoms with Crippen LogP contribution in [0.3, 0.4) is 0 Å². The van der Waals surface area contributed by atoms with Crippen molar-refractivity contribution >= 4 is 28.9 Å². The van der Waals surface area contributed by atoms with Gasteiger partial charge in [0.2, 0.25) is 0 Å². The lowest BCUT2D eigenvalue weighted by atomic mass is 10.1. The fourth-order valence-corrected chi connectivity index (χ4v) is 2.23. The Morgan fingerprint density at radius 1 is 1.05 bits per heavy atom. The van der Waals surface area contributed by atoms with Crippen molar-refractivity contribution in [3.63, 3.8) is 0 Å². The van der Waals surface area contributed by atoms with Crippen LogP contribution in [0, 0.1) is 5.82 Å². The summed E-state index contributed by atoms with van der Waals surface area (Å²) in [6, 6.07) is 9.00. The number of halogens is 3. The van der Waals surface area contributed by atoms with Crippen LogP contribution in [-0.2, 0) is 0 Å². The average Bonchev–Trinajstić information content (AvgIpc) is 2.93. The molecule has 8 heteroatoms. The first-order valence-corrected chi connectivity index (χ1v) is 6.61. The fourth-order valence-electron chi connectivity index (χ4n) is 1.89. The quantitative estimate of drug-likeness (QED) is 0.734. The molecule has 0 amide bonds. The van der Waals surface area contributed by atoms with E-state index < -0.39 is 5.82 Å². The number of benzene rings is 2. The predicted molar refractivity (Wildman–Crippen MR) is 79.0 cm³/mol. The molecular weight excluding hydrogens is 316 g/mol. The minimum Gasteiger partial charge on any atom is -0.398 e. The van der Waals surface area contributed by atoms with Crippen LogP contribution in [0.5, 0.6) is 0 Å². The van der Waals surface area contributed by atoms with Gasteiger partial charge in [-0.2, -0.15) is 4.68 Å². The van der Waals surface area contributed by atoms with Gasteiger partial charge in [0, 0.05) is 21.3 Å². The number of nitrogens with two attached hydrogens (primary N) is 1. The Balaban J connectivity index is 2.22. The summed E-state index contributed by atoms with van der Waals surface area (Å²) >= 11 is 11.9. The van der Waals surface area contributed by atoms with E-state index in [0.29, 0.717) is 21.3 Å². The van der Waals surface area contributed by atoms with Crippen LogP contribution >= 0.6 is 23.2 Å². The van der Waals surface area contributed by atoms with E-state index in [1.165, 1.54) is 22.9 Å². The van der Waals surface area contributed by atoms with Gasteiger partial charge in [0.05, 0.1) is 0 Å². The second kappa shape index (κ2) is 5.31. The van der Waals surface area contributed by atoms with Gasteiger partial charge in [-0.05, 0) is 46.8 Å². The Morgan fingerprint density at radius 2 is 1.76 bits per heavy atom. The fraction of sp³-hybridized carbons (Fsp3) is 0. The molecule has 0 aliphatic carbocycles. The minimum atomic E-state index is -0.506. The number of nitrogens with zero attached hydrogens (tertiary/aromatic N) is 4. The van der Waals surface area contributed by atoms with Crippen molar-refractivity contribution in [1.82, 2.24) is 20.2 Å². The molecule has 0 unspecified atom stereocenters. The van der Waals surface area contributed by atoms with Crippen molar-refractivity contribution in [2.24, 2.45) is 0 Å². The number of tetrazole rings is 1. The molecule has 0 fully saturated rings. The smallest absolute Gasteiger partial charge is 0.189 e. The van der Waals surface area contributed by atoms with E-state index in [4.69, 9.17) is 28.9 Å². The van der Waals surface area contributed by atoms with Gasteiger partial charge < -0.3 is 5.73 Å². The molecular formula is C13H8Cl2FN5. The molecule has 0 bridgehead atoms. The largest absolute Gasteiger partial charge is 0.398 e. The zero-order valence-corrected chi connectivity index (χ0v) is 12.0. The molecule has 1 heterocycles. The number of hydrogen-bond acceptors (Lipinski definition) is 4. The van der Waals surface area contributed by atoms with Crippen LogP contribution in [-0.4, -0.2) is 20.2 Å². The van der Waals surface area contributed by atoms with Crippen molar-refractivity contribution in [2.45, 2.75) is 0 Å². The normalized spacial score (nSPS) is 10.8. The molecule has 0 aliphatic heterocycles. The Morgan fingerprint density at radius 3 is 2.57 bits per heavy atom. The van der Waals surface area contributed by atoms with E-state index in [0.717, 1.165) is 0 Å². The van der Waals surface area contributed by atoms with Crippen molar-refractivity contribution in [3.8, 4) is 17.1 Å². The van der Waals surface area contributed by atoms with Crippen molar-refractivity contribution in [3.05, 3.63) is 52.3 Å². The summed E-state index contributed by atoms with van der Waals surface area (Å²) < 4.78 is 15.2. The maximum atomic E-state index is 14.0. The van der Waals surface area contributed by atoms with Crippen LogP contribution in [0.2, 0.25) is 10.0 Å². The van der Waals surface area contributed by atoms with Gasteiger partial charge in [0.1, 0.15) is 11.5 Å². The molecule has 0 spiro atoms. The Bertz CT molecular complexity index is 752.